The van der Waals surface area contributed by atoms with Gasteiger partial charge in [-0.3, -0.25) is 15.7 Å². The minimum Gasteiger partial charge on any atom is -0.288 e. The molecule has 0 fully saturated rings. The van der Waals surface area contributed by atoms with Crippen LogP contribution in [0.4, 0.5) is 10.1 Å². The van der Waals surface area contributed by atoms with E-state index in [1.807, 2.05) is 6.07 Å². The molecule has 0 aromatic heterocycles. The van der Waals surface area contributed by atoms with Crippen LogP contribution in [0.5, 0.6) is 0 Å². The van der Waals surface area contributed by atoms with Crippen LogP contribution in [-0.4, -0.2) is 19.0 Å². The fourth-order valence-corrected chi connectivity index (χ4v) is 2.15. The lowest BCUT2D eigenvalue weighted by Gasteiger charge is -2.31. The summed E-state index contributed by atoms with van der Waals surface area (Å²) in [6.45, 7) is 3.41. The Kier molecular flexibility index (Phi) is 3.00. The second kappa shape index (κ2) is 4.32. The number of anilines is 1. The molecule has 17 heavy (non-hydrogen) atoms. The van der Waals surface area contributed by atoms with Gasteiger partial charge >= 0.3 is 0 Å². The van der Waals surface area contributed by atoms with Crippen molar-refractivity contribution in [2.24, 2.45) is 0 Å². The summed E-state index contributed by atoms with van der Waals surface area (Å²) in [5.41, 5.74) is 2.22. The fraction of sp³-hybridized carbons (Fsp3) is 0.333. The number of nitrogens with zero attached hydrogens (tertiary/aromatic N) is 1. The van der Waals surface area contributed by atoms with Gasteiger partial charge in [-0.05, 0) is 25.0 Å². The standard InChI is InChI=1S/C12H14BFN3/c1-7(15)17-11-6-10(14)9(13-2)5-8(11)3-4-12(17)16/h5-6,15-16H,3-4H2,1-2H3. The van der Waals surface area contributed by atoms with Crippen molar-refractivity contribution in [1.82, 2.24) is 0 Å². The van der Waals surface area contributed by atoms with E-state index in [-0.39, 0.29) is 11.7 Å². The third kappa shape index (κ3) is 1.97. The maximum atomic E-state index is 13.7. The number of rotatable bonds is 1. The Morgan fingerprint density at radius 3 is 2.71 bits per heavy atom. The fourth-order valence-electron chi connectivity index (χ4n) is 2.15. The molecule has 1 aromatic carbocycles. The zero-order valence-electron chi connectivity index (χ0n) is 9.97. The van der Waals surface area contributed by atoms with Gasteiger partial charge in [-0.15, -0.1) is 0 Å². The molecule has 1 radical (unpaired) electrons. The Labute approximate surface area is 101 Å². The van der Waals surface area contributed by atoms with Crippen molar-refractivity contribution in [3.8, 4) is 0 Å². The molecule has 1 heterocycles. The topological polar surface area (TPSA) is 50.9 Å². The van der Waals surface area contributed by atoms with E-state index in [9.17, 15) is 4.39 Å². The van der Waals surface area contributed by atoms with E-state index in [4.69, 9.17) is 10.8 Å². The van der Waals surface area contributed by atoms with Crippen molar-refractivity contribution in [2.75, 3.05) is 4.90 Å². The van der Waals surface area contributed by atoms with E-state index in [1.165, 1.54) is 11.0 Å². The van der Waals surface area contributed by atoms with Crippen molar-refractivity contribution in [1.29, 1.82) is 10.8 Å². The van der Waals surface area contributed by atoms with Crippen LogP contribution in [0.15, 0.2) is 12.1 Å². The first-order valence-electron chi connectivity index (χ1n) is 5.59. The highest BCUT2D eigenvalue weighted by atomic mass is 19.1. The molecule has 0 aliphatic carbocycles. The molecule has 0 saturated carbocycles. The van der Waals surface area contributed by atoms with Crippen LogP contribution in [0, 0.1) is 16.6 Å². The Morgan fingerprint density at radius 2 is 2.12 bits per heavy atom. The summed E-state index contributed by atoms with van der Waals surface area (Å²) in [7, 11) is 1.73. The zero-order valence-corrected chi connectivity index (χ0v) is 9.97. The van der Waals surface area contributed by atoms with Gasteiger partial charge < -0.3 is 0 Å². The Morgan fingerprint density at radius 1 is 1.41 bits per heavy atom. The molecular formula is C12H14BFN3. The highest BCUT2D eigenvalue weighted by Gasteiger charge is 2.24. The summed E-state index contributed by atoms with van der Waals surface area (Å²) in [5.74, 6) is 0.313. The van der Waals surface area contributed by atoms with E-state index < -0.39 is 0 Å². The van der Waals surface area contributed by atoms with Crippen molar-refractivity contribution in [2.45, 2.75) is 26.6 Å². The van der Waals surface area contributed by atoms with E-state index in [0.717, 1.165) is 12.0 Å². The predicted octanol–water partition coefficient (Wildman–Crippen LogP) is 1.93. The van der Waals surface area contributed by atoms with Gasteiger partial charge in [-0.25, -0.2) is 4.39 Å². The van der Waals surface area contributed by atoms with Gasteiger partial charge in [-0.1, -0.05) is 18.4 Å². The maximum absolute atomic E-state index is 13.7. The molecule has 0 atom stereocenters. The Hall–Kier alpha value is -1.65. The van der Waals surface area contributed by atoms with Gasteiger partial charge in [0.1, 0.15) is 17.5 Å². The van der Waals surface area contributed by atoms with Crippen LogP contribution in [0.25, 0.3) is 0 Å². The molecule has 0 bridgehead atoms. The van der Waals surface area contributed by atoms with E-state index >= 15 is 0 Å². The Bertz CT molecular complexity index is 499. The summed E-state index contributed by atoms with van der Waals surface area (Å²) in [6, 6.07) is 3.24. The van der Waals surface area contributed by atoms with Crippen molar-refractivity contribution in [3.63, 3.8) is 0 Å². The summed E-state index contributed by atoms with van der Waals surface area (Å²) < 4.78 is 13.7. The molecule has 2 N–H and O–H groups in total. The molecule has 2 rings (SSSR count). The number of hydrogen-bond donors (Lipinski definition) is 2. The monoisotopic (exact) mass is 230 g/mol. The number of fused-ring (bicyclic) bond motifs is 1. The highest BCUT2D eigenvalue weighted by molar-refractivity contribution is 6.52. The zero-order chi connectivity index (χ0) is 12.6. The molecule has 3 nitrogen and oxygen atoms in total. The number of hydrogen-bond acceptors (Lipinski definition) is 2. The molecule has 0 unspecified atom stereocenters. The second-order valence-corrected chi connectivity index (χ2v) is 4.16. The molecular weight excluding hydrogens is 216 g/mol. The minimum absolute atomic E-state index is 0.253. The molecule has 0 amide bonds. The minimum atomic E-state index is -0.299. The van der Waals surface area contributed by atoms with Crippen molar-refractivity contribution < 1.29 is 4.39 Å². The Balaban J connectivity index is 2.56. The van der Waals surface area contributed by atoms with Crippen molar-refractivity contribution >= 4 is 30.1 Å². The predicted molar refractivity (Wildman–Crippen MR) is 69.6 cm³/mol. The van der Waals surface area contributed by atoms with Crippen molar-refractivity contribution in [3.05, 3.63) is 23.5 Å². The molecule has 0 saturated heterocycles. The summed E-state index contributed by atoms with van der Waals surface area (Å²) in [4.78, 5) is 1.50. The van der Waals surface area contributed by atoms with Crippen LogP contribution in [0.3, 0.4) is 0 Å². The molecule has 5 heteroatoms. The van der Waals surface area contributed by atoms with Gasteiger partial charge in [0, 0.05) is 6.42 Å². The SMILES string of the molecule is C[B]c1cc2c(cc1F)N(C(C)=N)C(=N)CC2. The van der Waals surface area contributed by atoms with Crippen LogP contribution >= 0.6 is 0 Å². The molecule has 1 aliphatic heterocycles. The smallest absolute Gasteiger partial charge is 0.152 e. The molecule has 0 spiro atoms. The second-order valence-electron chi connectivity index (χ2n) is 4.16. The van der Waals surface area contributed by atoms with Crippen LogP contribution in [-0.2, 0) is 6.42 Å². The van der Waals surface area contributed by atoms with Gasteiger partial charge in [0.25, 0.3) is 0 Å². The first-order chi connectivity index (χ1) is 8.04. The van der Waals surface area contributed by atoms with Gasteiger partial charge in [-0.2, -0.15) is 0 Å². The first kappa shape index (κ1) is 11.8. The lowest BCUT2D eigenvalue weighted by molar-refractivity contribution is 0.635. The van der Waals surface area contributed by atoms with E-state index in [2.05, 4.69) is 0 Å². The maximum Gasteiger partial charge on any atom is 0.152 e. The lowest BCUT2D eigenvalue weighted by atomic mass is 9.72. The summed E-state index contributed by atoms with van der Waals surface area (Å²) in [5, 5.41) is 15.5. The normalized spacial score (nSPS) is 14.5. The number of aryl methyl sites for hydroxylation is 1. The molecule has 87 valence electrons. The largest absolute Gasteiger partial charge is 0.288 e. The lowest BCUT2D eigenvalue weighted by Crippen LogP contribution is -2.39. The van der Waals surface area contributed by atoms with Gasteiger partial charge in [0.05, 0.1) is 5.69 Å². The number of nitrogens with one attached hydrogen (secondary N) is 2. The summed E-state index contributed by atoms with van der Waals surface area (Å²) >= 11 is 0. The average molecular weight is 230 g/mol. The van der Waals surface area contributed by atoms with Gasteiger partial charge in [0.2, 0.25) is 0 Å². The quantitative estimate of drug-likeness (QED) is 0.432. The van der Waals surface area contributed by atoms with Crippen LogP contribution in [0.2, 0.25) is 6.82 Å². The molecule has 1 aliphatic rings. The average Bonchev–Trinajstić information content (AvgIpc) is 2.27. The van der Waals surface area contributed by atoms with E-state index in [0.29, 0.717) is 23.4 Å². The van der Waals surface area contributed by atoms with Gasteiger partial charge in [0.15, 0.2) is 7.28 Å². The summed E-state index contributed by atoms with van der Waals surface area (Å²) in [6.07, 6.45) is 1.33. The van der Waals surface area contributed by atoms with Crippen LogP contribution in [0.1, 0.15) is 18.9 Å². The van der Waals surface area contributed by atoms with Crippen LogP contribution < -0.4 is 10.4 Å². The highest BCUT2D eigenvalue weighted by Crippen LogP contribution is 2.28. The molecule has 1 aromatic rings. The number of benzene rings is 1. The number of halogens is 1. The third-order valence-corrected chi connectivity index (χ3v) is 2.99. The first-order valence-corrected chi connectivity index (χ1v) is 5.59. The van der Waals surface area contributed by atoms with E-state index in [1.54, 1.807) is 21.0 Å². The third-order valence-electron chi connectivity index (χ3n) is 2.99. The number of amidine groups is 2.